The van der Waals surface area contributed by atoms with Gasteiger partial charge in [-0.15, -0.1) is 0 Å². The van der Waals surface area contributed by atoms with Crippen LogP contribution in [0.4, 0.5) is 0 Å². The standard InChI is InChI=1S/C26H18ClN3O/c27-18-12-10-16(11-13-18)23-14-20(21(15-28)26(29)31-23)24-19-8-4-5-9-22(19)30-25(24)17-6-2-1-3-7-17/h1-14,20,30H,29H2. The van der Waals surface area contributed by atoms with E-state index in [0.717, 1.165) is 33.3 Å². The van der Waals surface area contributed by atoms with Crippen LogP contribution >= 0.6 is 11.6 Å². The Morgan fingerprint density at radius 2 is 1.61 bits per heavy atom. The van der Waals surface area contributed by atoms with Crippen molar-refractivity contribution < 1.29 is 4.74 Å². The summed E-state index contributed by atoms with van der Waals surface area (Å²) in [5, 5.41) is 11.6. The van der Waals surface area contributed by atoms with Crippen LogP contribution < -0.4 is 5.73 Å². The first-order chi connectivity index (χ1) is 15.2. The number of nitrogens with zero attached hydrogens (tertiary/aromatic N) is 1. The summed E-state index contributed by atoms with van der Waals surface area (Å²) in [6, 6.07) is 27.8. The van der Waals surface area contributed by atoms with E-state index in [1.807, 2.05) is 54.6 Å². The maximum absolute atomic E-state index is 9.93. The zero-order valence-corrected chi connectivity index (χ0v) is 17.2. The molecular formula is C26H18ClN3O. The van der Waals surface area contributed by atoms with Gasteiger partial charge in [0.2, 0.25) is 5.88 Å². The van der Waals surface area contributed by atoms with E-state index in [1.54, 1.807) is 12.1 Å². The quantitative estimate of drug-likeness (QED) is 0.404. The van der Waals surface area contributed by atoms with Gasteiger partial charge in [-0.1, -0.05) is 60.1 Å². The highest BCUT2D eigenvalue weighted by Gasteiger charge is 2.30. The van der Waals surface area contributed by atoms with E-state index in [-0.39, 0.29) is 11.8 Å². The molecule has 4 nitrogen and oxygen atoms in total. The molecule has 1 atom stereocenters. The third-order valence-electron chi connectivity index (χ3n) is 5.48. The van der Waals surface area contributed by atoms with Crippen molar-refractivity contribution in [1.29, 1.82) is 5.26 Å². The van der Waals surface area contributed by atoms with Gasteiger partial charge >= 0.3 is 0 Å². The number of allylic oxidation sites excluding steroid dienone is 2. The number of fused-ring (bicyclic) bond motifs is 1. The van der Waals surface area contributed by atoms with Gasteiger partial charge in [-0.3, -0.25) is 0 Å². The fourth-order valence-electron chi connectivity index (χ4n) is 4.04. The lowest BCUT2D eigenvalue weighted by atomic mass is 9.85. The van der Waals surface area contributed by atoms with Crippen LogP contribution in [0.15, 0.2) is 96.4 Å². The SMILES string of the molecule is N#CC1=C(N)OC(c2ccc(Cl)cc2)=CC1c1c(-c2ccccc2)[nH]c2ccccc12. The van der Waals surface area contributed by atoms with Gasteiger partial charge in [-0.25, -0.2) is 0 Å². The summed E-state index contributed by atoms with van der Waals surface area (Å²) >= 11 is 6.05. The van der Waals surface area contributed by atoms with Gasteiger partial charge in [0.1, 0.15) is 17.4 Å². The molecule has 0 fully saturated rings. The molecule has 0 amide bonds. The molecule has 31 heavy (non-hydrogen) atoms. The topological polar surface area (TPSA) is 74.8 Å². The van der Waals surface area contributed by atoms with Crippen LogP contribution in [0, 0.1) is 11.3 Å². The first-order valence-electron chi connectivity index (χ1n) is 9.87. The number of nitriles is 1. The Labute approximate surface area is 184 Å². The largest absolute Gasteiger partial charge is 0.440 e. The van der Waals surface area contributed by atoms with Crippen LogP contribution in [0.2, 0.25) is 5.02 Å². The maximum atomic E-state index is 9.93. The molecule has 4 aromatic rings. The number of nitrogens with one attached hydrogen (secondary N) is 1. The van der Waals surface area contributed by atoms with Crippen molar-refractivity contribution in [2.75, 3.05) is 0 Å². The molecule has 0 radical (unpaired) electrons. The summed E-state index contributed by atoms with van der Waals surface area (Å²) in [7, 11) is 0. The number of H-pyrrole nitrogens is 1. The number of hydrogen-bond donors (Lipinski definition) is 2. The summed E-state index contributed by atoms with van der Waals surface area (Å²) in [5.74, 6) is 0.350. The molecule has 150 valence electrons. The van der Waals surface area contributed by atoms with Crippen molar-refractivity contribution >= 4 is 28.3 Å². The third kappa shape index (κ3) is 3.35. The van der Waals surface area contributed by atoms with Crippen molar-refractivity contribution in [2.45, 2.75) is 5.92 Å². The monoisotopic (exact) mass is 423 g/mol. The summed E-state index contributed by atoms with van der Waals surface area (Å²) < 4.78 is 5.84. The summed E-state index contributed by atoms with van der Waals surface area (Å²) in [6.45, 7) is 0. The highest BCUT2D eigenvalue weighted by molar-refractivity contribution is 6.30. The summed E-state index contributed by atoms with van der Waals surface area (Å²) in [4.78, 5) is 3.54. The second-order valence-electron chi connectivity index (χ2n) is 7.33. The number of para-hydroxylation sites is 1. The van der Waals surface area contributed by atoms with Crippen molar-refractivity contribution in [2.24, 2.45) is 5.73 Å². The van der Waals surface area contributed by atoms with E-state index in [0.29, 0.717) is 16.4 Å². The molecule has 2 heterocycles. The molecule has 0 saturated carbocycles. The van der Waals surface area contributed by atoms with E-state index in [1.165, 1.54) is 0 Å². The average molecular weight is 424 g/mol. The first kappa shape index (κ1) is 19.0. The minimum absolute atomic E-state index is 0.115. The van der Waals surface area contributed by atoms with E-state index in [2.05, 4.69) is 29.3 Å². The molecule has 1 aliphatic heterocycles. The molecule has 1 unspecified atom stereocenters. The highest BCUT2D eigenvalue weighted by atomic mass is 35.5. The van der Waals surface area contributed by atoms with Crippen molar-refractivity contribution in [1.82, 2.24) is 4.98 Å². The molecule has 3 N–H and O–H groups in total. The van der Waals surface area contributed by atoms with E-state index in [4.69, 9.17) is 22.1 Å². The van der Waals surface area contributed by atoms with E-state index >= 15 is 0 Å². The normalized spacial score (nSPS) is 16.0. The predicted molar refractivity (Wildman–Crippen MR) is 124 cm³/mol. The smallest absolute Gasteiger partial charge is 0.205 e. The molecule has 1 aromatic heterocycles. The Morgan fingerprint density at radius 1 is 0.903 bits per heavy atom. The Bertz CT molecular complexity index is 1380. The van der Waals surface area contributed by atoms with Gasteiger partial charge in [0.15, 0.2) is 0 Å². The van der Waals surface area contributed by atoms with E-state index < -0.39 is 0 Å². The van der Waals surface area contributed by atoms with Crippen molar-refractivity contribution in [3.63, 3.8) is 0 Å². The van der Waals surface area contributed by atoms with Gasteiger partial charge in [-0.2, -0.15) is 5.26 Å². The maximum Gasteiger partial charge on any atom is 0.205 e. The lowest BCUT2D eigenvalue weighted by Gasteiger charge is -2.24. The van der Waals surface area contributed by atoms with Gasteiger partial charge in [-0.05, 0) is 47.5 Å². The minimum atomic E-state index is -0.365. The molecule has 0 bridgehead atoms. The number of aromatic nitrogens is 1. The third-order valence-corrected chi connectivity index (χ3v) is 5.74. The van der Waals surface area contributed by atoms with Gasteiger partial charge in [0.25, 0.3) is 0 Å². The second kappa shape index (κ2) is 7.71. The zero-order valence-electron chi connectivity index (χ0n) is 16.5. The minimum Gasteiger partial charge on any atom is -0.440 e. The summed E-state index contributed by atoms with van der Waals surface area (Å²) in [5.41, 5.74) is 11.5. The fourth-order valence-corrected chi connectivity index (χ4v) is 4.16. The number of benzene rings is 3. The van der Waals surface area contributed by atoms with Crippen molar-refractivity contribution in [3.05, 3.63) is 113 Å². The summed E-state index contributed by atoms with van der Waals surface area (Å²) in [6.07, 6.45) is 1.96. The first-order valence-corrected chi connectivity index (χ1v) is 10.2. The number of nitrogens with two attached hydrogens (primary N) is 1. The van der Waals surface area contributed by atoms with Crippen LogP contribution in [0.25, 0.3) is 27.9 Å². The Hall–Kier alpha value is -3.94. The number of hydrogen-bond acceptors (Lipinski definition) is 3. The van der Waals surface area contributed by atoms with Crippen LogP contribution in [-0.2, 0) is 4.74 Å². The Morgan fingerprint density at radius 3 is 2.35 bits per heavy atom. The predicted octanol–water partition coefficient (Wildman–Crippen LogP) is 6.34. The highest BCUT2D eigenvalue weighted by Crippen LogP contribution is 2.43. The molecule has 3 aromatic carbocycles. The molecule has 5 heteroatoms. The van der Waals surface area contributed by atoms with Crippen molar-refractivity contribution in [3.8, 4) is 17.3 Å². The molecule has 0 aliphatic carbocycles. The lowest BCUT2D eigenvalue weighted by molar-refractivity contribution is 0.361. The average Bonchev–Trinajstić information content (AvgIpc) is 3.19. The van der Waals surface area contributed by atoms with Crippen LogP contribution in [0.3, 0.4) is 0 Å². The van der Waals surface area contributed by atoms with Gasteiger partial charge in [0, 0.05) is 27.4 Å². The van der Waals surface area contributed by atoms with Crippen LogP contribution in [-0.4, -0.2) is 4.98 Å². The number of ether oxygens (including phenoxy) is 1. The molecule has 1 aliphatic rings. The number of rotatable bonds is 3. The zero-order chi connectivity index (χ0) is 21.4. The van der Waals surface area contributed by atoms with Gasteiger partial charge in [0.05, 0.1) is 5.69 Å². The molecular weight excluding hydrogens is 406 g/mol. The van der Waals surface area contributed by atoms with Crippen LogP contribution in [0.1, 0.15) is 17.0 Å². The van der Waals surface area contributed by atoms with E-state index in [9.17, 15) is 5.26 Å². The number of aromatic amines is 1. The number of halogens is 1. The fraction of sp³-hybridized carbons (Fsp3) is 0.0385. The van der Waals surface area contributed by atoms with Gasteiger partial charge < -0.3 is 15.5 Å². The lowest BCUT2D eigenvalue weighted by Crippen LogP contribution is -2.16. The molecule has 5 rings (SSSR count). The Balaban J connectivity index is 1.76. The molecule has 0 saturated heterocycles. The molecule has 0 spiro atoms. The second-order valence-corrected chi connectivity index (χ2v) is 7.77. The van der Waals surface area contributed by atoms with Crippen LogP contribution in [0.5, 0.6) is 0 Å². The Kier molecular flexibility index (Phi) is 4.74.